The van der Waals surface area contributed by atoms with E-state index in [-0.39, 0.29) is 11.4 Å². The molecule has 26 heavy (non-hydrogen) atoms. The molecule has 0 atom stereocenters. The maximum Gasteiger partial charge on any atom is 0.416 e. The minimum Gasteiger partial charge on any atom is -0.492 e. The van der Waals surface area contributed by atoms with Crippen LogP contribution in [0.3, 0.4) is 0 Å². The Hall–Kier alpha value is -1.96. The summed E-state index contributed by atoms with van der Waals surface area (Å²) in [5.74, 6) is 0.233. The fourth-order valence-corrected chi connectivity index (χ4v) is 2.99. The number of nitrogens with zero attached hydrogens (tertiary/aromatic N) is 2. The second-order valence-corrected chi connectivity index (χ2v) is 6.25. The number of halogens is 3. The van der Waals surface area contributed by atoms with Crippen molar-refractivity contribution in [1.82, 2.24) is 9.80 Å². The van der Waals surface area contributed by atoms with Gasteiger partial charge in [-0.2, -0.15) is 13.2 Å². The van der Waals surface area contributed by atoms with E-state index in [4.69, 9.17) is 4.74 Å². The summed E-state index contributed by atoms with van der Waals surface area (Å²) in [4.78, 5) is 16.5. The van der Waals surface area contributed by atoms with Gasteiger partial charge in [-0.1, -0.05) is 6.92 Å². The molecule has 1 aliphatic rings. The molecule has 0 aliphatic carbocycles. The second kappa shape index (κ2) is 9.12. The molecule has 8 heteroatoms. The number of benzene rings is 1. The van der Waals surface area contributed by atoms with Gasteiger partial charge in [0, 0.05) is 19.6 Å². The van der Waals surface area contributed by atoms with E-state index in [0.717, 1.165) is 44.6 Å². The number of ether oxygens (including phenoxy) is 1. The molecule has 0 bridgehead atoms. The predicted octanol–water partition coefficient (Wildman–Crippen LogP) is 4.05. The zero-order chi connectivity index (χ0) is 19.2. The first kappa shape index (κ1) is 20.4. The van der Waals surface area contributed by atoms with E-state index in [1.54, 1.807) is 11.8 Å². The van der Waals surface area contributed by atoms with Crippen molar-refractivity contribution in [1.29, 1.82) is 0 Å². The third-order valence-electron chi connectivity index (χ3n) is 4.26. The standard InChI is InChI=1S/C18H26F3N3O2/c1-3-8-23-9-5-10-24(12-11-23)17(25)22-15-13-14(18(19,20)21)6-7-16(15)26-4-2/h6-7,13H,3-5,8-12H2,1-2H3,(H,22,25). The number of hydrogen-bond acceptors (Lipinski definition) is 3. The first-order chi connectivity index (χ1) is 12.3. The van der Waals surface area contributed by atoms with Crippen molar-refractivity contribution in [3.8, 4) is 5.75 Å². The first-order valence-electron chi connectivity index (χ1n) is 8.97. The highest BCUT2D eigenvalue weighted by Crippen LogP contribution is 2.35. The summed E-state index contributed by atoms with van der Waals surface area (Å²) in [7, 11) is 0. The van der Waals surface area contributed by atoms with E-state index in [9.17, 15) is 18.0 Å². The molecular formula is C18H26F3N3O2. The Kier molecular flexibility index (Phi) is 7.14. The third kappa shape index (κ3) is 5.52. The molecule has 0 unspecified atom stereocenters. The molecule has 0 radical (unpaired) electrons. The highest BCUT2D eigenvalue weighted by molar-refractivity contribution is 5.91. The van der Waals surface area contributed by atoms with Gasteiger partial charge in [0.05, 0.1) is 17.9 Å². The third-order valence-corrected chi connectivity index (χ3v) is 4.26. The van der Waals surface area contributed by atoms with E-state index in [2.05, 4.69) is 17.1 Å². The van der Waals surface area contributed by atoms with E-state index in [0.29, 0.717) is 19.7 Å². The zero-order valence-corrected chi connectivity index (χ0v) is 15.2. The van der Waals surface area contributed by atoms with Crippen molar-refractivity contribution < 1.29 is 22.7 Å². The van der Waals surface area contributed by atoms with Crippen molar-refractivity contribution in [2.75, 3.05) is 44.6 Å². The number of carbonyl (C=O) groups is 1. The highest BCUT2D eigenvalue weighted by atomic mass is 19.4. The average Bonchev–Trinajstić information content (AvgIpc) is 2.82. The van der Waals surface area contributed by atoms with Gasteiger partial charge in [-0.05, 0) is 51.1 Å². The average molecular weight is 373 g/mol. The maximum atomic E-state index is 13.0. The van der Waals surface area contributed by atoms with Crippen LogP contribution in [0, 0.1) is 0 Å². The Morgan fingerprint density at radius 2 is 1.96 bits per heavy atom. The van der Waals surface area contributed by atoms with Gasteiger partial charge < -0.3 is 19.9 Å². The fourth-order valence-electron chi connectivity index (χ4n) is 2.99. The Balaban J connectivity index is 2.11. The second-order valence-electron chi connectivity index (χ2n) is 6.25. The lowest BCUT2D eigenvalue weighted by atomic mass is 10.2. The lowest BCUT2D eigenvalue weighted by molar-refractivity contribution is -0.137. The number of hydrogen-bond donors (Lipinski definition) is 1. The van der Waals surface area contributed by atoms with Crippen LogP contribution in [0.2, 0.25) is 0 Å². The van der Waals surface area contributed by atoms with Crippen molar-refractivity contribution in [2.45, 2.75) is 32.9 Å². The molecule has 1 saturated heterocycles. The van der Waals surface area contributed by atoms with Crippen LogP contribution in [0.4, 0.5) is 23.7 Å². The molecule has 5 nitrogen and oxygen atoms in total. The van der Waals surface area contributed by atoms with Crippen molar-refractivity contribution in [2.24, 2.45) is 0 Å². The minimum absolute atomic E-state index is 0.0429. The van der Waals surface area contributed by atoms with E-state index >= 15 is 0 Å². The van der Waals surface area contributed by atoms with Gasteiger partial charge in [0.15, 0.2) is 0 Å². The molecule has 1 heterocycles. The zero-order valence-electron chi connectivity index (χ0n) is 15.2. The summed E-state index contributed by atoms with van der Waals surface area (Å²) in [6.07, 6.45) is -2.59. The van der Waals surface area contributed by atoms with E-state index in [1.165, 1.54) is 6.07 Å². The van der Waals surface area contributed by atoms with Crippen LogP contribution in [0.25, 0.3) is 0 Å². The molecule has 0 aromatic heterocycles. The molecule has 1 fully saturated rings. The molecule has 1 N–H and O–H groups in total. The normalized spacial score (nSPS) is 16.3. The molecule has 2 amide bonds. The SMILES string of the molecule is CCCN1CCCN(C(=O)Nc2cc(C(F)(F)F)ccc2OCC)CC1. The molecule has 146 valence electrons. The Bertz CT molecular complexity index is 608. The summed E-state index contributed by atoms with van der Waals surface area (Å²) in [6.45, 7) is 7.94. The van der Waals surface area contributed by atoms with Crippen molar-refractivity contribution in [3.63, 3.8) is 0 Å². The molecular weight excluding hydrogens is 347 g/mol. The van der Waals surface area contributed by atoms with Crippen LogP contribution >= 0.6 is 0 Å². The number of amides is 2. The number of carbonyl (C=O) groups excluding carboxylic acids is 1. The van der Waals surface area contributed by atoms with E-state index < -0.39 is 17.8 Å². The maximum absolute atomic E-state index is 13.0. The number of urea groups is 1. The van der Waals surface area contributed by atoms with Gasteiger partial charge in [0.2, 0.25) is 0 Å². The largest absolute Gasteiger partial charge is 0.492 e. The highest BCUT2D eigenvalue weighted by Gasteiger charge is 2.31. The number of alkyl halides is 3. The Morgan fingerprint density at radius 3 is 2.62 bits per heavy atom. The molecule has 0 saturated carbocycles. The van der Waals surface area contributed by atoms with Gasteiger partial charge in [-0.15, -0.1) is 0 Å². The van der Waals surface area contributed by atoms with Gasteiger partial charge in [-0.25, -0.2) is 4.79 Å². The Morgan fingerprint density at radius 1 is 1.19 bits per heavy atom. The van der Waals surface area contributed by atoms with Gasteiger partial charge in [-0.3, -0.25) is 0 Å². The first-order valence-corrected chi connectivity index (χ1v) is 8.97. The summed E-state index contributed by atoms with van der Waals surface area (Å²) < 4.78 is 44.3. The van der Waals surface area contributed by atoms with Crippen LogP contribution in [0.15, 0.2) is 18.2 Å². The summed E-state index contributed by atoms with van der Waals surface area (Å²) in [5.41, 5.74) is -0.775. The molecule has 0 spiro atoms. The molecule has 1 aromatic carbocycles. The monoisotopic (exact) mass is 373 g/mol. The number of nitrogens with one attached hydrogen (secondary N) is 1. The molecule has 1 aromatic rings. The van der Waals surface area contributed by atoms with Crippen LogP contribution in [0.5, 0.6) is 5.75 Å². The lowest BCUT2D eigenvalue weighted by Crippen LogP contribution is -2.38. The summed E-state index contributed by atoms with van der Waals surface area (Å²) in [6, 6.07) is 2.72. The van der Waals surface area contributed by atoms with Crippen LogP contribution in [-0.4, -0.2) is 55.2 Å². The number of anilines is 1. The van der Waals surface area contributed by atoms with Crippen LogP contribution in [0.1, 0.15) is 32.3 Å². The Labute approximate surface area is 152 Å². The van der Waals surface area contributed by atoms with Gasteiger partial charge in [0.25, 0.3) is 0 Å². The smallest absolute Gasteiger partial charge is 0.416 e. The topological polar surface area (TPSA) is 44.8 Å². The van der Waals surface area contributed by atoms with Gasteiger partial charge in [0.1, 0.15) is 5.75 Å². The predicted molar refractivity (Wildman–Crippen MR) is 94.6 cm³/mol. The lowest BCUT2D eigenvalue weighted by Gasteiger charge is -2.23. The van der Waals surface area contributed by atoms with Gasteiger partial charge >= 0.3 is 12.2 Å². The molecule has 2 rings (SSSR count). The fraction of sp³-hybridized carbons (Fsp3) is 0.611. The van der Waals surface area contributed by atoms with Crippen molar-refractivity contribution in [3.05, 3.63) is 23.8 Å². The van der Waals surface area contributed by atoms with Crippen LogP contribution in [-0.2, 0) is 6.18 Å². The van der Waals surface area contributed by atoms with E-state index in [1.807, 2.05) is 0 Å². The quantitative estimate of drug-likeness (QED) is 0.847. The summed E-state index contributed by atoms with van der Waals surface area (Å²) >= 11 is 0. The number of rotatable bonds is 5. The minimum atomic E-state index is -4.48. The molecule has 1 aliphatic heterocycles. The summed E-state index contributed by atoms with van der Waals surface area (Å²) in [5, 5.41) is 2.60. The van der Waals surface area contributed by atoms with Crippen molar-refractivity contribution >= 4 is 11.7 Å². The van der Waals surface area contributed by atoms with Crippen LogP contribution < -0.4 is 10.1 Å².